The number of piperazine rings is 1. The Morgan fingerprint density at radius 2 is 0.779 bits per heavy atom. The lowest BCUT2D eigenvalue weighted by molar-refractivity contribution is 0.111. The zero-order chi connectivity index (χ0) is 64.9. The monoisotopic (exact) mass is 1290 g/mol. The van der Waals surface area contributed by atoms with E-state index in [4.69, 9.17) is 33.2 Å². The van der Waals surface area contributed by atoms with Gasteiger partial charge >= 0.3 is 0 Å². The number of hydrogen-bond acceptors (Lipinski definition) is 8. The van der Waals surface area contributed by atoms with Crippen molar-refractivity contribution >= 4 is 29.5 Å². The first-order chi connectivity index (χ1) is 46.9. The SMILES string of the molecule is Clc1ccc(C(CCN2CCC(Cc3cn(C(c4ccccc4)(c4ccccc4)c4ccccc4)cn3)CC2)c2ccccn2)cc1.Clc1ccc(C(CCN2CCNCC2)c2ccccn2)cc1.O=Cc1cn(C(c2ccccc2)(c2ccccc2)c2ccccc2)cn1. The van der Waals surface area contributed by atoms with Gasteiger partial charge in [-0.2, -0.15) is 0 Å². The molecule has 2 atom stereocenters. The zero-order valence-corrected chi connectivity index (χ0v) is 55.1. The first-order valence-corrected chi connectivity index (χ1v) is 34.0. The number of rotatable bonds is 21. The predicted molar refractivity (Wildman–Crippen MR) is 386 cm³/mol. The average molecular weight is 1290 g/mol. The molecule has 8 aromatic carbocycles. The number of aromatic nitrogens is 6. The van der Waals surface area contributed by atoms with Crippen LogP contribution in [-0.2, 0) is 17.5 Å². The standard InChI is InChI=1S/C42H41ClN4.C23H18N2O.C18H22ClN3/c43-38-21-19-34(20-22-38)40(41-18-10-11-26-44-41)25-29-46-27-23-33(24-28-46)30-39-31-47(32-45-39)42(35-12-4-1-5-13-35,36-14-6-2-7-15-36)37-16-8-3-9-17-37;26-17-22-16-25(18-24-22)23(19-10-4-1-5-11-19,20-12-6-2-7-13-20)21-14-8-3-9-15-21;19-16-6-4-15(5-7-16)17(18-3-1-2-9-21-18)8-12-22-13-10-20-11-14-22/h1-22,26,31-33,40H,23-25,27-30H2;1-18H;1-7,9,17,20H,8,10-14H2. The minimum atomic E-state index is -0.613. The normalized spacial score (nSPS) is 14.5. The quantitative estimate of drug-likeness (QED) is 0.0561. The molecule has 2 aliphatic rings. The summed E-state index contributed by atoms with van der Waals surface area (Å²) in [5.41, 5.74) is 12.2. The number of hydrogen-bond donors (Lipinski definition) is 1. The fourth-order valence-electron chi connectivity index (χ4n) is 14.0. The number of piperidine rings is 1. The summed E-state index contributed by atoms with van der Waals surface area (Å²) in [4.78, 5) is 35.0. The molecule has 0 radical (unpaired) electrons. The van der Waals surface area contributed by atoms with Crippen LogP contribution < -0.4 is 5.32 Å². The van der Waals surface area contributed by atoms with Crippen molar-refractivity contribution < 1.29 is 4.79 Å². The number of likely N-dealkylation sites (tertiary alicyclic amines) is 1. The van der Waals surface area contributed by atoms with Crippen molar-refractivity contribution in [1.29, 1.82) is 0 Å². The third-order valence-electron chi connectivity index (χ3n) is 18.8. The zero-order valence-electron chi connectivity index (χ0n) is 53.6. The van der Waals surface area contributed by atoms with Crippen LogP contribution in [0.5, 0.6) is 0 Å². The van der Waals surface area contributed by atoms with Gasteiger partial charge in [-0.3, -0.25) is 14.8 Å². The van der Waals surface area contributed by atoms with Gasteiger partial charge in [0.15, 0.2) is 6.29 Å². The number of benzene rings is 8. The van der Waals surface area contributed by atoms with E-state index in [1.165, 1.54) is 40.7 Å². The summed E-state index contributed by atoms with van der Waals surface area (Å²) in [6, 6.07) is 92.2. The Hall–Kier alpha value is -9.39. The predicted octanol–water partition coefficient (Wildman–Crippen LogP) is 16.9. The number of nitrogens with one attached hydrogen (secondary N) is 1. The maximum atomic E-state index is 11.3. The molecule has 0 aliphatic carbocycles. The highest BCUT2D eigenvalue weighted by atomic mass is 35.5. The van der Waals surface area contributed by atoms with Gasteiger partial charge in [-0.25, -0.2) is 9.97 Å². The Bertz CT molecular complexity index is 4000. The van der Waals surface area contributed by atoms with Crippen LogP contribution in [-0.4, -0.2) is 97.5 Å². The summed E-state index contributed by atoms with van der Waals surface area (Å²) in [6.45, 7) is 8.84. The maximum Gasteiger partial charge on any atom is 0.169 e. The first-order valence-electron chi connectivity index (χ1n) is 33.2. The van der Waals surface area contributed by atoms with E-state index in [9.17, 15) is 4.79 Å². The van der Waals surface area contributed by atoms with Gasteiger partial charge in [0.1, 0.15) is 16.8 Å². The lowest BCUT2D eigenvalue weighted by Gasteiger charge is -2.37. The van der Waals surface area contributed by atoms with Crippen molar-refractivity contribution in [3.8, 4) is 0 Å². The summed E-state index contributed by atoms with van der Waals surface area (Å²) in [5.74, 6) is 1.21. The van der Waals surface area contributed by atoms with Crippen molar-refractivity contribution in [1.82, 2.24) is 44.2 Å². The molecule has 12 aromatic rings. The first kappa shape index (κ1) is 65.7. The van der Waals surface area contributed by atoms with Crippen molar-refractivity contribution in [3.63, 3.8) is 0 Å². The van der Waals surface area contributed by atoms with Crippen LogP contribution in [0.2, 0.25) is 10.0 Å². The molecule has 12 heteroatoms. The molecule has 0 spiro atoms. The van der Waals surface area contributed by atoms with Crippen LogP contribution in [0.15, 0.2) is 304 Å². The van der Waals surface area contributed by atoms with Crippen molar-refractivity contribution in [2.45, 2.75) is 55.0 Å². The fourth-order valence-corrected chi connectivity index (χ4v) is 14.3. The highest BCUT2D eigenvalue weighted by molar-refractivity contribution is 6.30. The number of pyridine rings is 2. The molecule has 478 valence electrons. The minimum absolute atomic E-state index is 0.259. The largest absolute Gasteiger partial charge is 0.319 e. The number of imidazole rings is 2. The number of aldehydes is 1. The van der Waals surface area contributed by atoms with E-state index in [0.717, 1.165) is 122 Å². The number of nitrogens with zero attached hydrogens (tertiary/aromatic N) is 8. The third-order valence-corrected chi connectivity index (χ3v) is 19.3. The van der Waals surface area contributed by atoms with Crippen molar-refractivity contribution in [2.75, 3.05) is 52.4 Å². The molecule has 95 heavy (non-hydrogen) atoms. The molecule has 0 saturated carbocycles. The Morgan fingerprint density at radius 1 is 0.421 bits per heavy atom. The van der Waals surface area contributed by atoms with Crippen LogP contribution in [0.1, 0.15) is 110 Å². The summed E-state index contributed by atoms with van der Waals surface area (Å²) in [5, 5.41) is 4.96. The van der Waals surface area contributed by atoms with E-state index < -0.39 is 11.1 Å². The Balaban J connectivity index is 0.000000151. The Morgan fingerprint density at radius 3 is 1.14 bits per heavy atom. The maximum absolute atomic E-state index is 11.3. The van der Waals surface area contributed by atoms with Crippen molar-refractivity contribution in [2.24, 2.45) is 5.92 Å². The smallest absolute Gasteiger partial charge is 0.169 e. The van der Waals surface area contributed by atoms with Gasteiger partial charge in [-0.1, -0.05) is 242 Å². The highest BCUT2D eigenvalue weighted by Gasteiger charge is 2.40. The molecular weight excluding hydrogens is 1210 g/mol. The van der Waals surface area contributed by atoms with Crippen LogP contribution >= 0.6 is 23.2 Å². The Kier molecular flexibility index (Phi) is 22.6. The summed E-state index contributed by atoms with van der Waals surface area (Å²) in [7, 11) is 0. The minimum Gasteiger partial charge on any atom is -0.319 e. The molecule has 2 unspecified atom stereocenters. The molecule has 0 amide bonds. The lowest BCUT2D eigenvalue weighted by atomic mass is 9.76. The number of halogens is 2. The molecule has 2 fully saturated rings. The van der Waals surface area contributed by atoms with Gasteiger partial charge in [0.05, 0.1) is 18.3 Å². The molecule has 0 bridgehead atoms. The number of carbonyl (C=O) groups is 1. The van der Waals surface area contributed by atoms with Crippen LogP contribution in [0, 0.1) is 5.92 Å². The van der Waals surface area contributed by atoms with Gasteiger partial charge in [0.25, 0.3) is 0 Å². The van der Waals surface area contributed by atoms with E-state index in [1.807, 2.05) is 114 Å². The Labute approximate surface area is 570 Å². The second kappa shape index (κ2) is 32.6. The average Bonchev–Trinajstić information content (AvgIpc) is 1.72. The molecule has 2 saturated heterocycles. The van der Waals surface area contributed by atoms with Crippen molar-refractivity contribution in [3.05, 3.63) is 382 Å². The van der Waals surface area contributed by atoms with E-state index >= 15 is 0 Å². The lowest BCUT2D eigenvalue weighted by Crippen LogP contribution is -2.44. The molecule has 6 heterocycles. The van der Waals surface area contributed by atoms with Gasteiger partial charge < -0.3 is 24.3 Å². The highest BCUT2D eigenvalue weighted by Crippen LogP contribution is 2.43. The molecule has 10 nitrogen and oxygen atoms in total. The molecular formula is C83H81Cl2N9O. The van der Waals surface area contributed by atoms with Gasteiger partial charge in [-0.05, 0) is 157 Å². The molecule has 14 rings (SSSR count). The number of carbonyl (C=O) groups excluding carboxylic acids is 1. The summed E-state index contributed by atoms with van der Waals surface area (Å²) in [6.07, 6.45) is 17.9. The van der Waals surface area contributed by atoms with Gasteiger partial charge in [0.2, 0.25) is 0 Å². The third kappa shape index (κ3) is 15.9. The van der Waals surface area contributed by atoms with Crippen LogP contribution in [0.3, 0.4) is 0 Å². The summed E-state index contributed by atoms with van der Waals surface area (Å²) >= 11 is 12.2. The topological polar surface area (TPSA) is 97.0 Å². The molecule has 2 aliphatic heterocycles. The fraction of sp³-hybridized carbons (Fsp3) is 0.217. The van der Waals surface area contributed by atoms with E-state index in [1.54, 1.807) is 12.5 Å². The van der Waals surface area contributed by atoms with Crippen LogP contribution in [0.25, 0.3) is 0 Å². The second-order valence-electron chi connectivity index (χ2n) is 24.6. The van der Waals surface area contributed by atoms with Gasteiger partial charge in [-0.15, -0.1) is 0 Å². The van der Waals surface area contributed by atoms with E-state index in [2.05, 4.69) is 212 Å². The summed E-state index contributed by atoms with van der Waals surface area (Å²) < 4.78 is 4.36. The van der Waals surface area contributed by atoms with E-state index in [0.29, 0.717) is 17.5 Å². The molecule has 1 N–H and O–H groups in total. The van der Waals surface area contributed by atoms with Crippen LogP contribution in [0.4, 0.5) is 0 Å². The molecule has 4 aromatic heterocycles. The van der Waals surface area contributed by atoms with Gasteiger partial charge in [0, 0.05) is 84.2 Å². The second-order valence-corrected chi connectivity index (χ2v) is 25.5. The van der Waals surface area contributed by atoms with E-state index in [-0.39, 0.29) is 5.92 Å².